The van der Waals surface area contributed by atoms with Crippen molar-refractivity contribution in [1.82, 2.24) is 4.31 Å². The molecule has 3 unspecified atom stereocenters. The Balaban J connectivity index is 1.89. The highest BCUT2D eigenvalue weighted by Crippen LogP contribution is 2.31. The minimum absolute atomic E-state index is 0.0724. The molecule has 1 N–H and O–H groups in total. The van der Waals surface area contributed by atoms with Crippen LogP contribution in [0.1, 0.15) is 62.6 Å². The van der Waals surface area contributed by atoms with Crippen LogP contribution in [0.3, 0.4) is 0 Å². The van der Waals surface area contributed by atoms with Crippen LogP contribution < -0.4 is 0 Å². The van der Waals surface area contributed by atoms with Gasteiger partial charge in [0.05, 0.1) is 18.6 Å². The lowest BCUT2D eigenvalue weighted by Crippen LogP contribution is -2.41. The second-order valence-corrected chi connectivity index (χ2v) is 11.5. The number of carbonyl (C=O) groups is 1. The van der Waals surface area contributed by atoms with Gasteiger partial charge in [-0.3, -0.25) is 4.79 Å². The number of allylic oxidation sites excluding steroid dienone is 2. The van der Waals surface area contributed by atoms with E-state index in [1.165, 1.54) is 4.31 Å². The molecule has 0 radical (unpaired) electrons. The van der Waals surface area contributed by atoms with Gasteiger partial charge in [-0.05, 0) is 48.8 Å². The molecule has 4 atom stereocenters. The summed E-state index contributed by atoms with van der Waals surface area (Å²) in [6.07, 6.45) is 8.18. The zero-order valence-corrected chi connectivity index (χ0v) is 20.2. The lowest BCUT2D eigenvalue weighted by molar-refractivity contribution is -0.137. The lowest BCUT2D eigenvalue weighted by Gasteiger charge is -2.26. The number of aliphatic carboxylic acids is 1. The summed E-state index contributed by atoms with van der Waals surface area (Å²) in [6, 6.07) is 5.97. The Bertz CT molecular complexity index is 982. The van der Waals surface area contributed by atoms with E-state index in [1.54, 1.807) is 18.2 Å². The molecular formula is C25H35NO5S. The van der Waals surface area contributed by atoms with Gasteiger partial charge in [0.25, 0.3) is 0 Å². The van der Waals surface area contributed by atoms with E-state index in [-0.39, 0.29) is 31.5 Å². The van der Waals surface area contributed by atoms with E-state index in [9.17, 15) is 18.3 Å². The first-order chi connectivity index (χ1) is 15.1. The van der Waals surface area contributed by atoms with Crippen LogP contribution in [0, 0.1) is 12.8 Å². The molecule has 1 aromatic rings. The minimum atomic E-state index is -3.61. The van der Waals surface area contributed by atoms with E-state index >= 15 is 0 Å². The molecule has 0 aromatic heterocycles. The maximum Gasteiger partial charge on any atom is 0.303 e. The number of rotatable bonds is 8. The fourth-order valence-corrected chi connectivity index (χ4v) is 6.29. The molecule has 1 heterocycles. The van der Waals surface area contributed by atoms with Crippen molar-refractivity contribution in [2.75, 3.05) is 6.54 Å². The Morgan fingerprint density at radius 2 is 1.94 bits per heavy atom. The van der Waals surface area contributed by atoms with Gasteiger partial charge in [0, 0.05) is 13.1 Å². The van der Waals surface area contributed by atoms with E-state index in [2.05, 4.69) is 13.8 Å². The van der Waals surface area contributed by atoms with Crippen LogP contribution in [-0.4, -0.2) is 47.8 Å². The zero-order valence-electron chi connectivity index (χ0n) is 19.4. The third kappa shape index (κ3) is 5.88. The molecule has 1 aliphatic carbocycles. The van der Waals surface area contributed by atoms with Gasteiger partial charge in [0.15, 0.2) is 0 Å². The lowest BCUT2D eigenvalue weighted by atomic mass is 9.87. The van der Waals surface area contributed by atoms with Crippen LogP contribution in [0.15, 0.2) is 42.5 Å². The Kier molecular flexibility index (Phi) is 7.96. The van der Waals surface area contributed by atoms with Crippen LogP contribution in [0.5, 0.6) is 0 Å². The second kappa shape index (κ2) is 10.3. The molecule has 176 valence electrons. The number of carboxylic acid groups (broad SMARTS) is 1. The number of ether oxygens (including phenoxy) is 1. The molecule has 0 saturated carbocycles. The van der Waals surface area contributed by atoms with Gasteiger partial charge in [-0.2, -0.15) is 4.31 Å². The summed E-state index contributed by atoms with van der Waals surface area (Å²) in [7, 11) is -3.61. The second-order valence-electron chi connectivity index (χ2n) is 9.44. The summed E-state index contributed by atoms with van der Waals surface area (Å²) >= 11 is 0. The molecule has 1 saturated heterocycles. The molecule has 32 heavy (non-hydrogen) atoms. The van der Waals surface area contributed by atoms with Crippen LogP contribution in [-0.2, 0) is 26.1 Å². The molecule has 6 nitrogen and oxygen atoms in total. The highest BCUT2D eigenvalue weighted by molar-refractivity contribution is 7.90. The summed E-state index contributed by atoms with van der Waals surface area (Å²) in [4.78, 5) is 11.5. The number of carboxylic acids is 1. The normalized spacial score (nSPS) is 26.0. The maximum absolute atomic E-state index is 13.5. The van der Waals surface area contributed by atoms with E-state index in [1.807, 2.05) is 38.1 Å². The highest BCUT2D eigenvalue weighted by Gasteiger charge is 2.41. The number of sulfonamides is 1. The van der Waals surface area contributed by atoms with Gasteiger partial charge in [0.1, 0.15) is 5.25 Å². The molecule has 0 spiro atoms. The van der Waals surface area contributed by atoms with Crippen molar-refractivity contribution < 1.29 is 23.1 Å². The summed E-state index contributed by atoms with van der Waals surface area (Å²) in [6.45, 7) is 8.67. The van der Waals surface area contributed by atoms with Gasteiger partial charge >= 0.3 is 5.97 Å². The predicted octanol–water partition coefficient (Wildman–Crippen LogP) is 4.40. The van der Waals surface area contributed by atoms with E-state index in [0.29, 0.717) is 5.92 Å². The number of aryl methyl sites for hydroxylation is 1. The third-order valence-electron chi connectivity index (χ3n) is 6.30. The average molecular weight is 462 g/mol. The number of hydrogen-bond acceptors (Lipinski definition) is 4. The third-order valence-corrected chi connectivity index (χ3v) is 8.41. The molecule has 1 fully saturated rings. The fraction of sp³-hybridized carbons (Fsp3) is 0.560. The predicted molar refractivity (Wildman–Crippen MR) is 126 cm³/mol. The molecule has 1 aromatic carbocycles. The van der Waals surface area contributed by atoms with Crippen LogP contribution in [0.4, 0.5) is 0 Å². The van der Waals surface area contributed by atoms with Crippen LogP contribution in [0.2, 0.25) is 0 Å². The molecule has 1 aliphatic heterocycles. The topological polar surface area (TPSA) is 83.9 Å². The standard InChI is InChI=1S/C25H35NO5S/c1-17(2)9-11-21(14-25(27)28)20-12-10-18(3)22(13-20)16-26-15-19(4)31-23-7-5-6-8-24(23)32(26,29)30/h5-8,10,12-13,17,19,21,23-24H,9,11,14-16H2,1-4H3,(H,27,28)/t19-,21?,23?,24?/m1/s1. The van der Waals surface area contributed by atoms with Crippen molar-refractivity contribution in [3.8, 4) is 0 Å². The Hall–Kier alpha value is -1.96. The summed E-state index contributed by atoms with van der Waals surface area (Å²) in [5, 5.41) is 8.69. The first-order valence-corrected chi connectivity index (χ1v) is 12.9. The largest absolute Gasteiger partial charge is 0.481 e. The van der Waals surface area contributed by atoms with Crippen molar-refractivity contribution in [1.29, 1.82) is 0 Å². The van der Waals surface area contributed by atoms with E-state index in [0.717, 1.165) is 29.5 Å². The highest BCUT2D eigenvalue weighted by atomic mass is 32.2. The fourth-order valence-electron chi connectivity index (χ4n) is 4.42. The quantitative estimate of drug-likeness (QED) is 0.620. The van der Waals surface area contributed by atoms with E-state index in [4.69, 9.17) is 4.74 Å². The molecular weight excluding hydrogens is 426 g/mol. The molecule has 3 rings (SSSR count). The maximum atomic E-state index is 13.5. The number of benzene rings is 1. The van der Waals surface area contributed by atoms with Crippen molar-refractivity contribution in [2.24, 2.45) is 5.92 Å². The van der Waals surface area contributed by atoms with Crippen molar-refractivity contribution >= 4 is 16.0 Å². The monoisotopic (exact) mass is 461 g/mol. The van der Waals surface area contributed by atoms with Gasteiger partial charge in [0.2, 0.25) is 10.0 Å². The molecule has 2 aliphatic rings. The van der Waals surface area contributed by atoms with Crippen LogP contribution >= 0.6 is 0 Å². The molecule has 0 bridgehead atoms. The average Bonchev–Trinajstić information content (AvgIpc) is 2.80. The van der Waals surface area contributed by atoms with Crippen LogP contribution in [0.25, 0.3) is 0 Å². The molecule has 0 amide bonds. The van der Waals surface area contributed by atoms with E-state index < -0.39 is 27.3 Å². The van der Waals surface area contributed by atoms with Gasteiger partial charge in [-0.15, -0.1) is 0 Å². The Morgan fingerprint density at radius 3 is 2.62 bits per heavy atom. The summed E-state index contributed by atoms with van der Waals surface area (Å²) < 4.78 is 34.4. The number of fused-ring (bicyclic) bond motifs is 1. The zero-order chi connectivity index (χ0) is 23.5. The number of nitrogens with zero attached hydrogens (tertiary/aromatic N) is 1. The Labute approximate surface area is 192 Å². The smallest absolute Gasteiger partial charge is 0.303 e. The van der Waals surface area contributed by atoms with Crippen molar-refractivity contribution in [2.45, 2.75) is 76.9 Å². The van der Waals surface area contributed by atoms with Crippen molar-refractivity contribution in [3.05, 3.63) is 59.2 Å². The first-order valence-electron chi connectivity index (χ1n) is 11.4. The number of hydrogen-bond donors (Lipinski definition) is 1. The summed E-state index contributed by atoms with van der Waals surface area (Å²) in [5.41, 5.74) is 2.87. The first kappa shape index (κ1) is 24.7. The van der Waals surface area contributed by atoms with Gasteiger partial charge < -0.3 is 9.84 Å². The molecule has 7 heteroatoms. The van der Waals surface area contributed by atoms with Gasteiger partial charge in [-0.25, -0.2) is 8.42 Å². The summed E-state index contributed by atoms with van der Waals surface area (Å²) in [5.74, 6) is -0.413. The SMILES string of the molecule is Cc1ccc(C(CCC(C)C)CC(=O)O)cc1CN1C[C@@H](C)OC2C=CC=CC2S1(=O)=O. The minimum Gasteiger partial charge on any atom is -0.481 e. The van der Waals surface area contributed by atoms with Crippen molar-refractivity contribution in [3.63, 3.8) is 0 Å². The Morgan fingerprint density at radius 1 is 1.22 bits per heavy atom. The van der Waals surface area contributed by atoms with Gasteiger partial charge in [-0.1, -0.05) is 62.8 Å².